The predicted octanol–water partition coefficient (Wildman–Crippen LogP) is 4.47. The Morgan fingerprint density at radius 2 is 2.11 bits per heavy atom. The van der Waals surface area contributed by atoms with E-state index in [9.17, 15) is 0 Å². The smallest absolute Gasteiger partial charge is 0.221 e. The molecular formula is C13H8BrClN2O. The topological polar surface area (TPSA) is 45.9 Å². The lowest BCUT2D eigenvalue weighted by molar-refractivity contribution is 0.462. The molecule has 0 radical (unpaired) electrons. The minimum Gasteiger partial charge on any atom is -0.439 e. The molecule has 0 spiro atoms. The molecule has 0 saturated heterocycles. The van der Waals surface area contributed by atoms with Crippen molar-refractivity contribution in [1.29, 1.82) is 5.26 Å². The van der Waals surface area contributed by atoms with Crippen molar-refractivity contribution in [2.24, 2.45) is 0 Å². The van der Waals surface area contributed by atoms with E-state index >= 15 is 0 Å². The Labute approximate surface area is 118 Å². The summed E-state index contributed by atoms with van der Waals surface area (Å²) in [6.45, 7) is 1.96. The first-order valence-corrected chi connectivity index (χ1v) is 6.27. The van der Waals surface area contributed by atoms with Crippen molar-refractivity contribution in [3.8, 4) is 17.7 Å². The molecule has 3 nitrogen and oxygen atoms in total. The Hall–Kier alpha value is -1.57. The van der Waals surface area contributed by atoms with Crippen LogP contribution in [0, 0.1) is 18.3 Å². The van der Waals surface area contributed by atoms with Gasteiger partial charge in [0.25, 0.3) is 0 Å². The first-order chi connectivity index (χ1) is 8.58. The molecule has 0 fully saturated rings. The first-order valence-electron chi connectivity index (χ1n) is 5.10. The van der Waals surface area contributed by atoms with E-state index in [2.05, 4.69) is 20.9 Å². The number of benzene rings is 1. The van der Waals surface area contributed by atoms with Crippen LogP contribution in [0.1, 0.15) is 11.1 Å². The number of aryl methyl sites for hydroxylation is 1. The number of rotatable bonds is 2. The van der Waals surface area contributed by atoms with Crippen LogP contribution in [0.4, 0.5) is 0 Å². The lowest BCUT2D eigenvalue weighted by atomic mass is 10.2. The van der Waals surface area contributed by atoms with E-state index in [1.165, 1.54) is 6.07 Å². The van der Waals surface area contributed by atoms with Crippen LogP contribution in [0.3, 0.4) is 0 Å². The third-order valence-electron chi connectivity index (χ3n) is 2.25. The zero-order chi connectivity index (χ0) is 13.1. The fraction of sp³-hybridized carbons (Fsp3) is 0.0769. The van der Waals surface area contributed by atoms with Crippen LogP contribution in [0.5, 0.6) is 11.6 Å². The summed E-state index contributed by atoms with van der Waals surface area (Å²) < 4.78 is 6.58. The van der Waals surface area contributed by atoms with Crippen LogP contribution in [0.2, 0.25) is 5.15 Å². The molecule has 18 heavy (non-hydrogen) atoms. The highest BCUT2D eigenvalue weighted by Crippen LogP contribution is 2.26. The summed E-state index contributed by atoms with van der Waals surface area (Å²) in [5.74, 6) is 0.954. The minimum atomic E-state index is 0.234. The van der Waals surface area contributed by atoms with Gasteiger partial charge in [0.1, 0.15) is 10.9 Å². The van der Waals surface area contributed by atoms with Gasteiger partial charge in [0.05, 0.1) is 11.6 Å². The van der Waals surface area contributed by atoms with Gasteiger partial charge in [0.2, 0.25) is 5.88 Å². The highest BCUT2D eigenvalue weighted by molar-refractivity contribution is 9.10. The maximum atomic E-state index is 8.83. The second-order valence-electron chi connectivity index (χ2n) is 3.64. The lowest BCUT2D eigenvalue weighted by Gasteiger charge is -2.07. The van der Waals surface area contributed by atoms with Gasteiger partial charge >= 0.3 is 0 Å². The number of nitrogens with zero attached hydrogens (tertiary/aromatic N) is 2. The molecule has 0 unspecified atom stereocenters. The van der Waals surface area contributed by atoms with Gasteiger partial charge in [0.15, 0.2) is 0 Å². The Bertz CT molecular complexity index is 637. The Morgan fingerprint density at radius 3 is 2.78 bits per heavy atom. The van der Waals surface area contributed by atoms with E-state index in [1.54, 1.807) is 6.07 Å². The van der Waals surface area contributed by atoms with Gasteiger partial charge in [-0.3, -0.25) is 0 Å². The van der Waals surface area contributed by atoms with Gasteiger partial charge in [-0.2, -0.15) is 5.26 Å². The Kier molecular flexibility index (Phi) is 3.85. The Balaban J connectivity index is 2.31. The maximum Gasteiger partial charge on any atom is 0.221 e. The molecule has 2 aromatic rings. The SMILES string of the molecule is Cc1cc(Oc2cc(C#N)cc(Cl)n2)ccc1Br. The molecule has 2 rings (SSSR count). The molecule has 0 amide bonds. The fourth-order valence-electron chi connectivity index (χ4n) is 1.39. The van der Waals surface area contributed by atoms with E-state index < -0.39 is 0 Å². The van der Waals surface area contributed by atoms with Crippen molar-refractivity contribution < 1.29 is 4.74 Å². The molecule has 5 heteroatoms. The molecule has 0 aliphatic rings. The van der Waals surface area contributed by atoms with Crippen LogP contribution >= 0.6 is 27.5 Å². The van der Waals surface area contributed by atoms with Crippen LogP contribution in [-0.2, 0) is 0 Å². The molecule has 0 aliphatic carbocycles. The molecule has 0 saturated carbocycles. The summed E-state index contributed by atoms with van der Waals surface area (Å²) in [5.41, 5.74) is 1.47. The van der Waals surface area contributed by atoms with Crippen molar-refractivity contribution in [1.82, 2.24) is 4.98 Å². The molecule has 1 aromatic heterocycles. The van der Waals surface area contributed by atoms with Crippen molar-refractivity contribution in [2.45, 2.75) is 6.92 Å². The van der Waals surface area contributed by atoms with Gasteiger partial charge in [0, 0.05) is 10.5 Å². The number of hydrogen-bond acceptors (Lipinski definition) is 3. The van der Waals surface area contributed by atoms with Crippen molar-refractivity contribution >= 4 is 27.5 Å². The average molecular weight is 324 g/mol. The second kappa shape index (κ2) is 5.38. The van der Waals surface area contributed by atoms with Crippen molar-refractivity contribution in [3.63, 3.8) is 0 Å². The zero-order valence-corrected chi connectivity index (χ0v) is 11.8. The van der Waals surface area contributed by atoms with Crippen LogP contribution in [0.15, 0.2) is 34.8 Å². The molecule has 1 heterocycles. The third kappa shape index (κ3) is 3.00. The van der Waals surface area contributed by atoms with Crippen LogP contribution in [0.25, 0.3) is 0 Å². The summed E-state index contributed by atoms with van der Waals surface area (Å²) in [6.07, 6.45) is 0. The zero-order valence-electron chi connectivity index (χ0n) is 9.45. The van der Waals surface area contributed by atoms with Gasteiger partial charge in [-0.05, 0) is 36.8 Å². The predicted molar refractivity (Wildman–Crippen MR) is 72.9 cm³/mol. The van der Waals surface area contributed by atoms with E-state index in [1.807, 2.05) is 31.2 Å². The maximum absolute atomic E-state index is 8.83. The van der Waals surface area contributed by atoms with E-state index in [0.29, 0.717) is 17.2 Å². The summed E-state index contributed by atoms with van der Waals surface area (Å²) in [4.78, 5) is 4.01. The van der Waals surface area contributed by atoms with E-state index in [0.717, 1.165) is 10.0 Å². The second-order valence-corrected chi connectivity index (χ2v) is 4.88. The quantitative estimate of drug-likeness (QED) is 0.766. The van der Waals surface area contributed by atoms with Crippen LogP contribution in [-0.4, -0.2) is 4.98 Å². The Morgan fingerprint density at radius 1 is 1.33 bits per heavy atom. The average Bonchev–Trinajstić information content (AvgIpc) is 2.33. The summed E-state index contributed by atoms with van der Waals surface area (Å²) >= 11 is 9.22. The van der Waals surface area contributed by atoms with Crippen LogP contribution < -0.4 is 4.74 Å². The number of hydrogen-bond donors (Lipinski definition) is 0. The molecule has 0 atom stereocenters. The number of pyridine rings is 1. The number of ether oxygens (including phenoxy) is 1. The highest BCUT2D eigenvalue weighted by Gasteiger charge is 2.04. The molecule has 90 valence electrons. The van der Waals surface area contributed by atoms with Crippen molar-refractivity contribution in [2.75, 3.05) is 0 Å². The van der Waals surface area contributed by atoms with Gasteiger partial charge in [-0.1, -0.05) is 27.5 Å². The number of aromatic nitrogens is 1. The standard InChI is InChI=1S/C13H8BrClN2O/c1-8-4-10(2-3-11(8)14)18-13-6-9(7-16)5-12(15)17-13/h2-6H,1H3. The summed E-state index contributed by atoms with van der Waals surface area (Å²) in [5, 5.41) is 9.07. The molecule has 0 aliphatic heterocycles. The monoisotopic (exact) mass is 322 g/mol. The first kappa shape index (κ1) is 12.9. The van der Waals surface area contributed by atoms with Crippen molar-refractivity contribution in [3.05, 3.63) is 51.1 Å². The van der Waals surface area contributed by atoms with Gasteiger partial charge in [-0.25, -0.2) is 4.98 Å². The third-order valence-corrected chi connectivity index (χ3v) is 3.33. The number of nitriles is 1. The van der Waals surface area contributed by atoms with Gasteiger partial charge < -0.3 is 4.74 Å². The van der Waals surface area contributed by atoms with E-state index in [4.69, 9.17) is 21.6 Å². The minimum absolute atomic E-state index is 0.234. The number of halogens is 2. The highest BCUT2D eigenvalue weighted by atomic mass is 79.9. The summed E-state index contributed by atoms with van der Waals surface area (Å²) in [7, 11) is 0. The van der Waals surface area contributed by atoms with E-state index in [-0.39, 0.29) is 5.15 Å². The molecule has 0 bridgehead atoms. The largest absolute Gasteiger partial charge is 0.439 e. The normalized spacial score (nSPS) is 9.89. The molecular weight excluding hydrogens is 316 g/mol. The lowest BCUT2D eigenvalue weighted by Crippen LogP contribution is -1.90. The summed E-state index contributed by atoms with van der Waals surface area (Å²) in [6, 6.07) is 10.6. The fourth-order valence-corrected chi connectivity index (χ4v) is 1.84. The molecule has 0 N–H and O–H groups in total. The van der Waals surface area contributed by atoms with Gasteiger partial charge in [-0.15, -0.1) is 0 Å². The molecule has 1 aromatic carbocycles.